The first-order chi connectivity index (χ1) is 11.4. The molecule has 2 heterocycles. The molecule has 1 fully saturated rings. The molecule has 2 aromatic rings. The summed E-state index contributed by atoms with van der Waals surface area (Å²) in [6.07, 6.45) is -2.65. The smallest absolute Gasteiger partial charge is 0.354 e. The van der Waals surface area contributed by atoms with E-state index in [-0.39, 0.29) is 0 Å². The molecule has 0 unspecified atom stereocenters. The topological polar surface area (TPSA) is 19.4 Å². The summed E-state index contributed by atoms with van der Waals surface area (Å²) in [5.74, 6) is 0.897. The molecule has 0 amide bonds. The summed E-state index contributed by atoms with van der Waals surface area (Å²) in [5, 5.41) is 0.611. The van der Waals surface area contributed by atoms with Gasteiger partial charge >= 0.3 is 6.18 Å². The van der Waals surface area contributed by atoms with E-state index in [1.165, 1.54) is 0 Å². The SMILES string of the molecule is FC(F)(F)c1ccc(CN2CCN(c3ccc(Cl)cn3)CC2)cc1. The number of nitrogens with zero attached hydrogens (tertiary/aromatic N) is 3. The van der Waals surface area contributed by atoms with E-state index in [1.54, 1.807) is 18.3 Å². The number of rotatable bonds is 3. The fraction of sp³-hybridized carbons (Fsp3) is 0.353. The lowest BCUT2D eigenvalue weighted by molar-refractivity contribution is -0.137. The number of hydrogen-bond acceptors (Lipinski definition) is 3. The molecule has 0 radical (unpaired) electrons. The highest BCUT2D eigenvalue weighted by molar-refractivity contribution is 6.30. The van der Waals surface area contributed by atoms with Crippen LogP contribution in [0, 0.1) is 0 Å². The van der Waals surface area contributed by atoms with E-state index < -0.39 is 11.7 Å². The van der Waals surface area contributed by atoms with Gasteiger partial charge in [-0.2, -0.15) is 13.2 Å². The van der Waals surface area contributed by atoms with Crippen LogP contribution in [0.2, 0.25) is 5.02 Å². The largest absolute Gasteiger partial charge is 0.416 e. The van der Waals surface area contributed by atoms with Gasteiger partial charge in [-0.05, 0) is 29.8 Å². The molecule has 1 aliphatic heterocycles. The van der Waals surface area contributed by atoms with Crippen LogP contribution in [0.5, 0.6) is 0 Å². The monoisotopic (exact) mass is 355 g/mol. The summed E-state index contributed by atoms with van der Waals surface area (Å²) in [6.45, 7) is 3.99. The van der Waals surface area contributed by atoms with Crippen LogP contribution in [-0.2, 0) is 12.7 Å². The van der Waals surface area contributed by atoms with Gasteiger partial charge in [-0.3, -0.25) is 4.90 Å². The van der Waals surface area contributed by atoms with Gasteiger partial charge in [0, 0.05) is 38.9 Å². The van der Waals surface area contributed by atoms with Gasteiger partial charge in [-0.15, -0.1) is 0 Å². The maximum Gasteiger partial charge on any atom is 0.416 e. The highest BCUT2D eigenvalue weighted by Gasteiger charge is 2.30. The van der Waals surface area contributed by atoms with Crippen LogP contribution in [0.15, 0.2) is 42.6 Å². The first-order valence-corrected chi connectivity index (χ1v) is 8.04. The molecule has 0 bridgehead atoms. The van der Waals surface area contributed by atoms with Gasteiger partial charge in [0.1, 0.15) is 5.82 Å². The summed E-state index contributed by atoms with van der Waals surface area (Å²) >= 11 is 5.84. The third-order valence-corrected chi connectivity index (χ3v) is 4.32. The van der Waals surface area contributed by atoms with Crippen molar-refractivity contribution in [3.63, 3.8) is 0 Å². The van der Waals surface area contributed by atoms with Gasteiger partial charge in [0.25, 0.3) is 0 Å². The molecule has 1 aromatic carbocycles. The minimum atomic E-state index is -4.28. The van der Waals surface area contributed by atoms with Crippen molar-refractivity contribution in [2.45, 2.75) is 12.7 Å². The Hall–Kier alpha value is -1.79. The Morgan fingerprint density at radius 3 is 2.17 bits per heavy atom. The molecule has 128 valence electrons. The molecule has 1 saturated heterocycles. The predicted octanol–water partition coefficient (Wildman–Crippen LogP) is 4.08. The summed E-state index contributed by atoms with van der Waals surface area (Å²) in [5.41, 5.74) is 0.283. The maximum atomic E-state index is 12.6. The zero-order chi connectivity index (χ0) is 17.2. The molecule has 0 spiro atoms. The molecule has 3 nitrogen and oxygen atoms in total. The van der Waals surface area contributed by atoms with E-state index in [0.29, 0.717) is 11.6 Å². The molecule has 3 rings (SSSR count). The standard InChI is InChI=1S/C17H17ClF3N3/c18-15-5-6-16(22-11-15)24-9-7-23(8-10-24)12-13-1-3-14(4-2-13)17(19,20)21/h1-6,11H,7-10,12H2. The minimum absolute atomic E-state index is 0.607. The lowest BCUT2D eigenvalue weighted by Crippen LogP contribution is -2.46. The van der Waals surface area contributed by atoms with Crippen LogP contribution in [0.25, 0.3) is 0 Å². The molecule has 0 aliphatic carbocycles. The highest BCUT2D eigenvalue weighted by atomic mass is 35.5. The van der Waals surface area contributed by atoms with Crippen LogP contribution in [0.4, 0.5) is 19.0 Å². The number of anilines is 1. The summed E-state index contributed by atoms with van der Waals surface area (Å²) in [7, 11) is 0. The van der Waals surface area contributed by atoms with E-state index in [4.69, 9.17) is 11.6 Å². The van der Waals surface area contributed by atoms with E-state index in [9.17, 15) is 13.2 Å². The van der Waals surface area contributed by atoms with Crippen LogP contribution in [0.3, 0.4) is 0 Å². The number of halogens is 4. The fourth-order valence-corrected chi connectivity index (χ4v) is 2.86. The third kappa shape index (κ3) is 4.19. The Morgan fingerprint density at radius 1 is 0.958 bits per heavy atom. The van der Waals surface area contributed by atoms with Crippen molar-refractivity contribution >= 4 is 17.4 Å². The fourth-order valence-electron chi connectivity index (χ4n) is 2.75. The lowest BCUT2D eigenvalue weighted by atomic mass is 10.1. The highest BCUT2D eigenvalue weighted by Crippen LogP contribution is 2.29. The molecule has 0 saturated carbocycles. The number of piperazine rings is 1. The first kappa shape index (κ1) is 17.0. The van der Waals surface area contributed by atoms with E-state index in [0.717, 1.165) is 49.7 Å². The number of alkyl halides is 3. The number of hydrogen-bond donors (Lipinski definition) is 0. The van der Waals surface area contributed by atoms with Crippen molar-refractivity contribution in [1.29, 1.82) is 0 Å². The summed E-state index contributed by atoms with van der Waals surface area (Å²) in [4.78, 5) is 8.72. The molecular weight excluding hydrogens is 339 g/mol. The molecule has 0 atom stereocenters. The van der Waals surface area contributed by atoms with Crippen molar-refractivity contribution in [2.75, 3.05) is 31.1 Å². The first-order valence-electron chi connectivity index (χ1n) is 7.67. The third-order valence-electron chi connectivity index (χ3n) is 4.10. The Balaban J connectivity index is 1.54. The van der Waals surface area contributed by atoms with Crippen molar-refractivity contribution in [2.24, 2.45) is 0 Å². The number of benzene rings is 1. The summed E-state index contributed by atoms with van der Waals surface area (Å²) < 4.78 is 37.7. The van der Waals surface area contributed by atoms with Gasteiger partial charge < -0.3 is 4.90 Å². The van der Waals surface area contributed by atoms with E-state index in [1.807, 2.05) is 12.1 Å². The van der Waals surface area contributed by atoms with E-state index in [2.05, 4.69) is 14.8 Å². The van der Waals surface area contributed by atoms with E-state index >= 15 is 0 Å². The molecular formula is C17H17ClF3N3. The molecule has 1 aliphatic rings. The Bertz CT molecular complexity index is 663. The van der Waals surface area contributed by atoms with Gasteiger partial charge in [0.05, 0.1) is 10.6 Å². The van der Waals surface area contributed by atoms with Gasteiger partial charge in [-0.1, -0.05) is 23.7 Å². The second-order valence-corrected chi connectivity index (χ2v) is 6.23. The zero-order valence-corrected chi connectivity index (χ0v) is 13.7. The number of pyridine rings is 1. The van der Waals surface area contributed by atoms with Gasteiger partial charge in [0.2, 0.25) is 0 Å². The average molecular weight is 356 g/mol. The van der Waals surface area contributed by atoms with Crippen molar-refractivity contribution < 1.29 is 13.2 Å². The zero-order valence-electron chi connectivity index (χ0n) is 12.9. The van der Waals surface area contributed by atoms with Crippen molar-refractivity contribution in [1.82, 2.24) is 9.88 Å². The van der Waals surface area contributed by atoms with Crippen LogP contribution in [0.1, 0.15) is 11.1 Å². The van der Waals surface area contributed by atoms with Crippen LogP contribution in [-0.4, -0.2) is 36.1 Å². The normalized spacial score (nSPS) is 16.4. The molecule has 0 N–H and O–H groups in total. The van der Waals surface area contributed by atoms with Crippen molar-refractivity contribution in [3.8, 4) is 0 Å². The van der Waals surface area contributed by atoms with Crippen molar-refractivity contribution in [3.05, 3.63) is 58.7 Å². The predicted molar refractivity (Wildman–Crippen MR) is 88.2 cm³/mol. The van der Waals surface area contributed by atoms with Gasteiger partial charge in [0.15, 0.2) is 0 Å². The maximum absolute atomic E-state index is 12.6. The lowest BCUT2D eigenvalue weighted by Gasteiger charge is -2.35. The Kier molecular flexibility index (Phi) is 4.96. The Labute approximate surface area is 143 Å². The van der Waals surface area contributed by atoms with Gasteiger partial charge in [-0.25, -0.2) is 4.98 Å². The second-order valence-electron chi connectivity index (χ2n) is 5.79. The molecule has 1 aromatic heterocycles. The average Bonchev–Trinajstić information content (AvgIpc) is 2.56. The molecule has 7 heteroatoms. The second kappa shape index (κ2) is 6.99. The van der Waals surface area contributed by atoms with Crippen LogP contribution >= 0.6 is 11.6 Å². The number of aromatic nitrogens is 1. The quantitative estimate of drug-likeness (QED) is 0.827. The van der Waals surface area contributed by atoms with Crippen LogP contribution < -0.4 is 4.90 Å². The molecule has 24 heavy (non-hydrogen) atoms. The summed E-state index contributed by atoms with van der Waals surface area (Å²) in [6, 6.07) is 9.10. The Morgan fingerprint density at radius 2 is 1.62 bits per heavy atom. The minimum Gasteiger partial charge on any atom is -0.354 e.